The molecule has 1 aliphatic carbocycles. The molecule has 1 aromatic carbocycles. The van der Waals surface area contributed by atoms with Gasteiger partial charge in [0.2, 0.25) is 0 Å². The van der Waals surface area contributed by atoms with Crippen molar-refractivity contribution in [1.29, 1.82) is 0 Å². The van der Waals surface area contributed by atoms with Gasteiger partial charge in [-0.25, -0.2) is 9.98 Å². The van der Waals surface area contributed by atoms with Crippen LogP contribution in [0.25, 0.3) is 0 Å². The minimum atomic E-state index is 0. The maximum absolute atomic E-state index is 6.23. The molecule has 28 heavy (non-hydrogen) atoms. The van der Waals surface area contributed by atoms with Crippen molar-refractivity contribution in [2.24, 2.45) is 4.99 Å². The van der Waals surface area contributed by atoms with Crippen LogP contribution in [0.5, 0.6) is 5.75 Å². The summed E-state index contributed by atoms with van der Waals surface area (Å²) in [5, 5.41) is 7.85. The van der Waals surface area contributed by atoms with E-state index in [1.54, 1.807) is 11.3 Å². The molecule has 0 amide bonds. The van der Waals surface area contributed by atoms with E-state index in [-0.39, 0.29) is 24.0 Å². The Morgan fingerprint density at radius 3 is 2.64 bits per heavy atom. The fourth-order valence-corrected chi connectivity index (χ4v) is 4.22. The van der Waals surface area contributed by atoms with Crippen LogP contribution in [-0.4, -0.2) is 23.6 Å². The summed E-state index contributed by atoms with van der Waals surface area (Å²) >= 11 is 1.73. The molecular weight excluding hydrogens is 483 g/mol. The number of benzene rings is 1. The minimum absolute atomic E-state index is 0. The number of aryl methyl sites for hydroxylation is 2. The highest BCUT2D eigenvalue weighted by Gasteiger charge is 2.17. The Morgan fingerprint density at radius 1 is 1.21 bits per heavy atom. The van der Waals surface area contributed by atoms with Gasteiger partial charge in [0.1, 0.15) is 5.75 Å². The number of hydrogen-bond donors (Lipinski definition) is 2. The van der Waals surface area contributed by atoms with E-state index in [1.807, 2.05) is 13.0 Å². The van der Waals surface area contributed by atoms with Gasteiger partial charge in [0, 0.05) is 17.0 Å². The molecule has 0 atom stereocenters. The molecule has 0 bridgehead atoms. The van der Waals surface area contributed by atoms with Crippen molar-refractivity contribution in [2.75, 3.05) is 6.54 Å². The maximum Gasteiger partial charge on any atom is 0.191 e. The second kappa shape index (κ2) is 11.6. The van der Waals surface area contributed by atoms with Crippen LogP contribution in [0.2, 0.25) is 0 Å². The first-order valence-electron chi connectivity index (χ1n) is 9.85. The molecule has 0 aliphatic heterocycles. The number of rotatable bonds is 7. The first-order chi connectivity index (χ1) is 13.2. The van der Waals surface area contributed by atoms with E-state index in [9.17, 15) is 0 Å². The summed E-state index contributed by atoms with van der Waals surface area (Å²) in [6, 6.07) is 8.26. The topological polar surface area (TPSA) is 58.5 Å². The van der Waals surface area contributed by atoms with E-state index in [0.717, 1.165) is 53.9 Å². The van der Waals surface area contributed by atoms with Crippen LogP contribution >= 0.6 is 35.3 Å². The lowest BCUT2D eigenvalue weighted by Gasteiger charge is -2.16. The molecule has 0 saturated heterocycles. The number of guanidine groups is 1. The second-order valence-electron chi connectivity index (χ2n) is 6.92. The monoisotopic (exact) mass is 514 g/mol. The third kappa shape index (κ3) is 6.62. The first-order valence-corrected chi connectivity index (χ1v) is 10.7. The molecule has 5 nitrogen and oxygen atoms in total. The molecule has 1 aliphatic rings. The number of aromatic nitrogens is 1. The molecule has 2 N–H and O–H groups in total. The number of thiazole rings is 1. The molecule has 3 rings (SSSR count). The molecule has 7 heteroatoms. The van der Waals surface area contributed by atoms with Gasteiger partial charge in [-0.05, 0) is 52.5 Å². The molecule has 1 saturated carbocycles. The van der Waals surface area contributed by atoms with Gasteiger partial charge < -0.3 is 15.4 Å². The van der Waals surface area contributed by atoms with E-state index < -0.39 is 0 Å². The van der Waals surface area contributed by atoms with Gasteiger partial charge in [-0.1, -0.05) is 18.2 Å². The Kier molecular flexibility index (Phi) is 9.50. The summed E-state index contributed by atoms with van der Waals surface area (Å²) in [7, 11) is 0. The highest BCUT2D eigenvalue weighted by Crippen LogP contribution is 2.27. The minimum Gasteiger partial charge on any atom is -0.490 e. The average Bonchev–Trinajstić information content (AvgIpc) is 3.27. The van der Waals surface area contributed by atoms with Crippen LogP contribution in [0.15, 0.2) is 29.3 Å². The third-order valence-electron chi connectivity index (χ3n) is 4.74. The lowest BCUT2D eigenvalue weighted by atomic mass is 10.2. The molecule has 1 aromatic heterocycles. The second-order valence-corrected chi connectivity index (χ2v) is 8.21. The van der Waals surface area contributed by atoms with Gasteiger partial charge >= 0.3 is 0 Å². The summed E-state index contributed by atoms with van der Waals surface area (Å²) in [5.74, 6) is 1.79. The SMILES string of the molecule is CCNC(=NCc1ccccc1OC1CCCC1)NCc1sc(C)nc1C.I. The highest BCUT2D eigenvalue weighted by molar-refractivity contribution is 14.0. The molecule has 1 fully saturated rings. The zero-order valence-corrected chi connectivity index (χ0v) is 20.1. The standard InChI is InChI=1S/C21H30N4OS.HI/c1-4-22-21(24-14-20-15(2)25-16(3)27-20)23-13-17-9-5-8-12-19(17)26-18-10-6-7-11-18;/h5,8-9,12,18H,4,6-7,10-11,13-14H2,1-3H3,(H2,22,23,24);1H. The van der Waals surface area contributed by atoms with Gasteiger partial charge in [-0.15, -0.1) is 35.3 Å². The molecular formula is C21H31IN4OS. The summed E-state index contributed by atoms with van der Waals surface area (Å²) < 4.78 is 6.23. The Balaban J connectivity index is 0.00000280. The van der Waals surface area contributed by atoms with Gasteiger partial charge in [-0.3, -0.25) is 0 Å². The number of para-hydroxylation sites is 1. The van der Waals surface area contributed by atoms with Gasteiger partial charge in [0.05, 0.1) is 29.9 Å². The Morgan fingerprint density at radius 2 is 1.96 bits per heavy atom. The average molecular weight is 514 g/mol. The largest absolute Gasteiger partial charge is 0.490 e. The number of nitrogens with zero attached hydrogens (tertiary/aromatic N) is 2. The molecule has 154 valence electrons. The highest BCUT2D eigenvalue weighted by atomic mass is 127. The van der Waals surface area contributed by atoms with Crippen molar-refractivity contribution in [1.82, 2.24) is 15.6 Å². The lowest BCUT2D eigenvalue weighted by Crippen LogP contribution is -2.36. The van der Waals surface area contributed by atoms with Crippen LogP contribution in [0.3, 0.4) is 0 Å². The maximum atomic E-state index is 6.23. The van der Waals surface area contributed by atoms with Crippen LogP contribution in [-0.2, 0) is 13.1 Å². The van der Waals surface area contributed by atoms with E-state index in [4.69, 9.17) is 9.73 Å². The number of halogens is 1. The van der Waals surface area contributed by atoms with Crippen LogP contribution in [0.4, 0.5) is 0 Å². The van der Waals surface area contributed by atoms with Crippen LogP contribution < -0.4 is 15.4 Å². The van der Waals surface area contributed by atoms with Gasteiger partial charge in [0.25, 0.3) is 0 Å². The Labute approximate surface area is 189 Å². The van der Waals surface area contributed by atoms with Crippen molar-refractivity contribution < 1.29 is 4.74 Å². The van der Waals surface area contributed by atoms with Gasteiger partial charge in [-0.2, -0.15) is 0 Å². The molecule has 0 radical (unpaired) electrons. The summed E-state index contributed by atoms with van der Waals surface area (Å²) in [6.07, 6.45) is 5.23. The first kappa shape index (κ1) is 22.9. The molecule has 0 spiro atoms. The summed E-state index contributed by atoms with van der Waals surface area (Å²) in [4.78, 5) is 10.5. The summed E-state index contributed by atoms with van der Waals surface area (Å²) in [6.45, 7) is 8.34. The van der Waals surface area contributed by atoms with Crippen molar-refractivity contribution >= 4 is 41.3 Å². The number of nitrogens with one attached hydrogen (secondary N) is 2. The van der Waals surface area contributed by atoms with Crippen molar-refractivity contribution in [3.63, 3.8) is 0 Å². The Bertz CT molecular complexity index is 772. The number of ether oxygens (including phenoxy) is 1. The molecule has 2 aromatic rings. The van der Waals surface area contributed by atoms with E-state index in [1.165, 1.54) is 17.7 Å². The number of hydrogen-bond acceptors (Lipinski definition) is 4. The number of aliphatic imine (C=N–C) groups is 1. The predicted octanol–water partition coefficient (Wildman–Crippen LogP) is 4.95. The fraction of sp³-hybridized carbons (Fsp3) is 0.524. The Hall–Kier alpha value is -1.35. The van der Waals surface area contributed by atoms with Crippen molar-refractivity contribution in [3.8, 4) is 5.75 Å². The summed E-state index contributed by atoms with van der Waals surface area (Å²) in [5.41, 5.74) is 2.22. The van der Waals surface area contributed by atoms with Crippen LogP contribution in [0, 0.1) is 13.8 Å². The third-order valence-corrected chi connectivity index (χ3v) is 5.81. The molecule has 1 heterocycles. The predicted molar refractivity (Wildman–Crippen MR) is 128 cm³/mol. The molecule has 0 unspecified atom stereocenters. The normalized spacial score (nSPS) is 14.6. The van der Waals surface area contributed by atoms with Crippen molar-refractivity contribution in [2.45, 2.75) is 65.6 Å². The van der Waals surface area contributed by atoms with E-state index in [0.29, 0.717) is 12.6 Å². The van der Waals surface area contributed by atoms with E-state index >= 15 is 0 Å². The smallest absolute Gasteiger partial charge is 0.191 e. The quantitative estimate of drug-likeness (QED) is 0.312. The van der Waals surface area contributed by atoms with Gasteiger partial charge in [0.15, 0.2) is 5.96 Å². The fourth-order valence-electron chi connectivity index (χ4n) is 3.34. The zero-order chi connectivity index (χ0) is 19.1. The zero-order valence-electron chi connectivity index (χ0n) is 17.0. The van der Waals surface area contributed by atoms with Crippen LogP contribution in [0.1, 0.15) is 53.7 Å². The van der Waals surface area contributed by atoms with Crippen molar-refractivity contribution in [3.05, 3.63) is 45.4 Å². The lowest BCUT2D eigenvalue weighted by molar-refractivity contribution is 0.208. The van der Waals surface area contributed by atoms with E-state index in [2.05, 4.69) is 47.7 Å².